The van der Waals surface area contributed by atoms with E-state index < -0.39 is 0 Å². The summed E-state index contributed by atoms with van der Waals surface area (Å²) in [5, 5.41) is 0. The van der Waals surface area contributed by atoms with Gasteiger partial charge in [0.2, 0.25) is 0 Å². The Morgan fingerprint density at radius 3 is 2.73 bits per heavy atom. The zero-order valence-electron chi connectivity index (χ0n) is 13.4. The molecule has 3 rings (SSSR count). The van der Waals surface area contributed by atoms with Crippen molar-refractivity contribution in [3.63, 3.8) is 0 Å². The smallest absolute Gasteiger partial charge is 0.161 e. The molecule has 4 nitrogen and oxygen atoms in total. The van der Waals surface area contributed by atoms with Gasteiger partial charge in [-0.1, -0.05) is 0 Å². The average Bonchev–Trinajstić information content (AvgIpc) is 3.02. The van der Waals surface area contributed by atoms with Crippen molar-refractivity contribution in [1.29, 1.82) is 0 Å². The Bertz CT molecular complexity index is 645. The molecule has 0 spiro atoms. The van der Waals surface area contributed by atoms with Crippen molar-refractivity contribution in [1.82, 2.24) is 15.0 Å². The van der Waals surface area contributed by atoms with Gasteiger partial charge in [0, 0.05) is 48.1 Å². The molecule has 1 atom stereocenters. The summed E-state index contributed by atoms with van der Waals surface area (Å²) < 4.78 is 0. The highest BCUT2D eigenvalue weighted by molar-refractivity contribution is 7.98. The number of aryl methyl sites for hydroxylation is 1. The maximum Gasteiger partial charge on any atom is 0.161 e. The zero-order valence-corrected chi connectivity index (χ0v) is 14.2. The van der Waals surface area contributed by atoms with E-state index in [1.807, 2.05) is 23.9 Å². The van der Waals surface area contributed by atoms with Gasteiger partial charge in [-0.3, -0.25) is 4.98 Å². The highest BCUT2D eigenvalue weighted by Gasteiger charge is 2.23. The molecule has 22 heavy (non-hydrogen) atoms. The van der Waals surface area contributed by atoms with Gasteiger partial charge in [-0.25, -0.2) is 9.97 Å². The second kappa shape index (κ2) is 6.65. The van der Waals surface area contributed by atoms with Crippen LogP contribution < -0.4 is 4.90 Å². The second-order valence-corrected chi connectivity index (χ2v) is 6.71. The van der Waals surface area contributed by atoms with Gasteiger partial charge in [0.1, 0.15) is 5.82 Å². The van der Waals surface area contributed by atoms with Crippen LogP contribution >= 0.6 is 11.8 Å². The fourth-order valence-electron chi connectivity index (χ4n) is 2.90. The second-order valence-electron chi connectivity index (χ2n) is 5.80. The van der Waals surface area contributed by atoms with Gasteiger partial charge in [-0.2, -0.15) is 11.8 Å². The van der Waals surface area contributed by atoms with Gasteiger partial charge in [-0.05, 0) is 44.6 Å². The first-order valence-corrected chi connectivity index (χ1v) is 9.12. The van der Waals surface area contributed by atoms with Crippen LogP contribution in [0.25, 0.3) is 11.4 Å². The molecule has 0 saturated heterocycles. The van der Waals surface area contributed by atoms with Crippen molar-refractivity contribution in [3.05, 3.63) is 35.8 Å². The van der Waals surface area contributed by atoms with E-state index >= 15 is 0 Å². The molecule has 0 aliphatic heterocycles. The lowest BCUT2D eigenvalue weighted by Gasteiger charge is -2.27. The van der Waals surface area contributed by atoms with Crippen molar-refractivity contribution in [2.75, 3.05) is 24.0 Å². The number of nitrogens with zero attached hydrogens (tertiary/aromatic N) is 4. The largest absolute Gasteiger partial charge is 0.356 e. The summed E-state index contributed by atoms with van der Waals surface area (Å²) in [7, 11) is 2.15. The highest BCUT2D eigenvalue weighted by atomic mass is 32.2. The molecular formula is C17H22N4S. The van der Waals surface area contributed by atoms with E-state index in [1.165, 1.54) is 17.7 Å². The molecule has 1 aliphatic rings. The van der Waals surface area contributed by atoms with Crippen LogP contribution in [0.4, 0.5) is 5.82 Å². The van der Waals surface area contributed by atoms with Crippen LogP contribution in [0, 0.1) is 0 Å². The molecule has 2 aromatic heterocycles. The van der Waals surface area contributed by atoms with Gasteiger partial charge >= 0.3 is 0 Å². The molecule has 2 aromatic rings. The van der Waals surface area contributed by atoms with Crippen LogP contribution in [0.15, 0.2) is 24.5 Å². The summed E-state index contributed by atoms with van der Waals surface area (Å²) in [5.41, 5.74) is 3.60. The third-order valence-corrected chi connectivity index (χ3v) is 5.07. The first kappa shape index (κ1) is 15.3. The predicted octanol–water partition coefficient (Wildman–Crippen LogP) is 3.22. The number of anilines is 1. The van der Waals surface area contributed by atoms with Crippen molar-refractivity contribution in [2.45, 2.75) is 32.2 Å². The first-order chi connectivity index (χ1) is 10.7. The molecule has 116 valence electrons. The van der Waals surface area contributed by atoms with E-state index in [-0.39, 0.29) is 0 Å². The SMILES string of the molecule is CSCC(C)N(C)c1nc(-c2ccncc2)nc2c1CCC2. The van der Waals surface area contributed by atoms with Crippen LogP contribution in [0.1, 0.15) is 24.6 Å². The summed E-state index contributed by atoms with van der Waals surface area (Å²) in [6, 6.07) is 4.41. The molecular weight excluding hydrogens is 292 g/mol. The van der Waals surface area contributed by atoms with Gasteiger partial charge < -0.3 is 4.90 Å². The standard InChI is InChI=1S/C17H22N4S/c1-12(11-22-3)21(2)17-14-5-4-6-15(14)19-16(20-17)13-7-9-18-10-8-13/h7-10,12H,4-6,11H2,1-3H3. The molecule has 5 heteroatoms. The molecule has 0 fully saturated rings. The quantitative estimate of drug-likeness (QED) is 0.847. The van der Waals surface area contributed by atoms with Crippen LogP contribution in [-0.2, 0) is 12.8 Å². The summed E-state index contributed by atoms with van der Waals surface area (Å²) in [4.78, 5) is 16.1. The molecule has 0 aromatic carbocycles. The Labute approximate surface area is 136 Å². The lowest BCUT2D eigenvalue weighted by Crippen LogP contribution is -2.32. The Balaban J connectivity index is 2.04. The lowest BCUT2D eigenvalue weighted by molar-refractivity contribution is 0.746. The molecule has 0 amide bonds. The number of hydrogen-bond acceptors (Lipinski definition) is 5. The number of fused-ring (bicyclic) bond motifs is 1. The van der Waals surface area contributed by atoms with Crippen LogP contribution in [0.5, 0.6) is 0 Å². The maximum atomic E-state index is 4.90. The molecule has 1 unspecified atom stereocenters. The Hall–Kier alpha value is -1.62. The normalized spacial score (nSPS) is 14.7. The first-order valence-electron chi connectivity index (χ1n) is 7.72. The molecule has 0 radical (unpaired) electrons. The van der Waals surface area contributed by atoms with Crippen LogP contribution in [0.2, 0.25) is 0 Å². The van der Waals surface area contributed by atoms with E-state index in [9.17, 15) is 0 Å². The van der Waals surface area contributed by atoms with Gasteiger partial charge in [0.25, 0.3) is 0 Å². The zero-order chi connectivity index (χ0) is 15.5. The predicted molar refractivity (Wildman–Crippen MR) is 93.5 cm³/mol. The highest BCUT2D eigenvalue weighted by Crippen LogP contribution is 2.31. The van der Waals surface area contributed by atoms with Gasteiger partial charge in [0.15, 0.2) is 5.82 Å². The number of aromatic nitrogens is 3. The summed E-state index contributed by atoms with van der Waals surface area (Å²) >= 11 is 1.87. The number of hydrogen-bond donors (Lipinski definition) is 0. The molecule has 0 saturated carbocycles. The average molecular weight is 314 g/mol. The Morgan fingerprint density at radius 2 is 2.00 bits per heavy atom. The Morgan fingerprint density at radius 1 is 1.23 bits per heavy atom. The number of pyridine rings is 1. The topological polar surface area (TPSA) is 41.9 Å². The van der Waals surface area contributed by atoms with Crippen molar-refractivity contribution < 1.29 is 0 Å². The fourth-order valence-corrected chi connectivity index (χ4v) is 3.60. The lowest BCUT2D eigenvalue weighted by atomic mass is 10.2. The number of rotatable bonds is 5. The van der Waals surface area contributed by atoms with E-state index in [2.05, 4.69) is 30.1 Å². The van der Waals surface area contributed by atoms with Crippen molar-refractivity contribution >= 4 is 17.6 Å². The monoisotopic (exact) mass is 314 g/mol. The number of thioether (sulfide) groups is 1. The van der Waals surface area contributed by atoms with Crippen LogP contribution in [0.3, 0.4) is 0 Å². The maximum absolute atomic E-state index is 4.90. The third kappa shape index (κ3) is 2.95. The summed E-state index contributed by atoms with van der Waals surface area (Å²) in [6.07, 6.45) is 9.08. The van der Waals surface area contributed by atoms with E-state index in [1.54, 1.807) is 12.4 Å². The van der Waals surface area contributed by atoms with Gasteiger partial charge in [-0.15, -0.1) is 0 Å². The van der Waals surface area contributed by atoms with Crippen LogP contribution in [-0.4, -0.2) is 40.1 Å². The third-order valence-electron chi connectivity index (χ3n) is 4.25. The minimum atomic E-state index is 0.458. The molecule has 1 aliphatic carbocycles. The molecule has 2 heterocycles. The fraction of sp³-hybridized carbons (Fsp3) is 0.471. The summed E-state index contributed by atoms with van der Waals surface area (Å²) in [5.74, 6) is 3.02. The van der Waals surface area contributed by atoms with E-state index in [0.29, 0.717) is 6.04 Å². The van der Waals surface area contributed by atoms with Crippen molar-refractivity contribution in [3.8, 4) is 11.4 Å². The minimum Gasteiger partial charge on any atom is -0.356 e. The Kier molecular flexibility index (Phi) is 4.62. The molecule has 0 N–H and O–H groups in total. The summed E-state index contributed by atoms with van der Waals surface area (Å²) in [6.45, 7) is 2.26. The minimum absolute atomic E-state index is 0.458. The van der Waals surface area contributed by atoms with E-state index in [0.717, 1.165) is 35.8 Å². The van der Waals surface area contributed by atoms with E-state index in [4.69, 9.17) is 9.97 Å². The molecule has 0 bridgehead atoms. The van der Waals surface area contributed by atoms with Gasteiger partial charge in [0.05, 0.1) is 0 Å². The van der Waals surface area contributed by atoms with Crippen molar-refractivity contribution in [2.24, 2.45) is 0 Å².